The maximum atomic E-state index is 12.5. The Morgan fingerprint density at radius 3 is 2.14 bits per heavy atom. The van der Waals surface area contributed by atoms with E-state index in [1.165, 1.54) is 39.5 Å². The monoisotopic (exact) mass is 399 g/mol. The fourth-order valence-corrected chi connectivity index (χ4v) is 2.35. The van der Waals surface area contributed by atoms with Gasteiger partial charge in [-0.25, -0.2) is 4.98 Å². The molecule has 28 heavy (non-hydrogen) atoms. The highest BCUT2D eigenvalue weighted by Gasteiger charge is 2.30. The lowest BCUT2D eigenvalue weighted by atomic mass is 10.1. The lowest BCUT2D eigenvalue weighted by Gasteiger charge is -2.14. The third-order valence-electron chi connectivity index (χ3n) is 3.73. The first kappa shape index (κ1) is 21.1. The summed E-state index contributed by atoms with van der Waals surface area (Å²) in [5.41, 5.74) is -0.518. The van der Waals surface area contributed by atoms with Crippen molar-refractivity contribution in [2.24, 2.45) is 0 Å². The van der Waals surface area contributed by atoms with Gasteiger partial charge in [0.15, 0.2) is 11.5 Å². The quantitative estimate of drug-likeness (QED) is 0.665. The molecule has 0 unspecified atom stereocenters. The molecule has 2 N–H and O–H groups in total. The molecule has 0 aliphatic heterocycles. The second-order valence-electron chi connectivity index (χ2n) is 5.53. The van der Waals surface area contributed by atoms with Gasteiger partial charge in [0.2, 0.25) is 5.75 Å². The summed E-state index contributed by atoms with van der Waals surface area (Å²) in [7, 11) is 4.35. The first-order valence-electron chi connectivity index (χ1n) is 8.15. The average molecular weight is 399 g/mol. The number of carbonyl (C=O) groups is 1. The molecule has 0 radical (unpaired) electrons. The normalized spacial score (nSPS) is 10.9. The summed E-state index contributed by atoms with van der Waals surface area (Å²) in [6.07, 6.45) is -3.68. The van der Waals surface area contributed by atoms with E-state index in [9.17, 15) is 18.0 Å². The van der Waals surface area contributed by atoms with Gasteiger partial charge in [0, 0.05) is 24.8 Å². The molecule has 1 aromatic heterocycles. The van der Waals surface area contributed by atoms with Crippen LogP contribution in [0.2, 0.25) is 0 Å². The largest absolute Gasteiger partial charge is 0.493 e. The van der Waals surface area contributed by atoms with E-state index >= 15 is 0 Å². The molecule has 7 nitrogen and oxygen atoms in total. The van der Waals surface area contributed by atoms with Crippen LogP contribution >= 0.6 is 0 Å². The zero-order valence-electron chi connectivity index (χ0n) is 15.5. The highest BCUT2D eigenvalue weighted by atomic mass is 19.4. The van der Waals surface area contributed by atoms with Gasteiger partial charge in [-0.3, -0.25) is 4.79 Å². The number of ether oxygens (including phenoxy) is 3. The molecule has 0 fully saturated rings. The van der Waals surface area contributed by atoms with Crippen molar-refractivity contribution in [3.63, 3.8) is 0 Å². The van der Waals surface area contributed by atoms with Gasteiger partial charge in [0.1, 0.15) is 5.82 Å². The van der Waals surface area contributed by atoms with Crippen LogP contribution in [0.5, 0.6) is 17.2 Å². The van der Waals surface area contributed by atoms with Crippen molar-refractivity contribution in [2.75, 3.05) is 39.7 Å². The minimum absolute atomic E-state index is 0.220. The number of rotatable bonds is 8. The van der Waals surface area contributed by atoms with E-state index in [0.29, 0.717) is 22.8 Å². The topological polar surface area (TPSA) is 81.7 Å². The highest BCUT2D eigenvalue weighted by molar-refractivity contribution is 5.95. The first-order valence-corrected chi connectivity index (χ1v) is 8.15. The lowest BCUT2D eigenvalue weighted by Crippen LogP contribution is -2.29. The molecule has 0 aliphatic carbocycles. The van der Waals surface area contributed by atoms with Crippen LogP contribution < -0.4 is 24.8 Å². The number of benzene rings is 1. The highest BCUT2D eigenvalue weighted by Crippen LogP contribution is 2.38. The molecule has 1 heterocycles. The van der Waals surface area contributed by atoms with E-state index in [1.54, 1.807) is 0 Å². The standard InChI is InChI=1S/C18H20F3N3O4/c1-26-13-8-11(9-14(27-2)16(13)28-3)17(25)23-7-6-22-15-5-4-12(10-24-15)18(19,20)21/h4-5,8-10H,6-7H2,1-3H3,(H,22,24)(H,23,25). The van der Waals surface area contributed by atoms with Crippen molar-refractivity contribution < 1.29 is 32.2 Å². The minimum atomic E-state index is -4.43. The SMILES string of the molecule is COc1cc(C(=O)NCCNc2ccc(C(F)(F)F)cn2)cc(OC)c1OC. The van der Waals surface area contributed by atoms with Crippen LogP contribution in [-0.4, -0.2) is 45.3 Å². The van der Waals surface area contributed by atoms with Crippen LogP contribution in [0.4, 0.5) is 19.0 Å². The number of nitrogens with one attached hydrogen (secondary N) is 2. The number of hydrogen-bond donors (Lipinski definition) is 2. The summed E-state index contributed by atoms with van der Waals surface area (Å²) >= 11 is 0. The van der Waals surface area contributed by atoms with Crippen molar-refractivity contribution in [1.82, 2.24) is 10.3 Å². The number of carbonyl (C=O) groups excluding carboxylic acids is 1. The minimum Gasteiger partial charge on any atom is -0.493 e. The fourth-order valence-electron chi connectivity index (χ4n) is 2.35. The summed E-state index contributed by atoms with van der Waals surface area (Å²) in [5, 5.41) is 5.51. The van der Waals surface area contributed by atoms with E-state index in [1.807, 2.05) is 0 Å². The van der Waals surface area contributed by atoms with Crippen molar-refractivity contribution in [2.45, 2.75) is 6.18 Å². The average Bonchev–Trinajstić information content (AvgIpc) is 2.69. The summed E-state index contributed by atoms with van der Waals surface area (Å²) in [6, 6.07) is 5.19. The third-order valence-corrected chi connectivity index (χ3v) is 3.73. The molecule has 0 saturated carbocycles. The van der Waals surface area contributed by atoms with Crippen molar-refractivity contribution in [1.29, 1.82) is 0 Å². The number of methoxy groups -OCH3 is 3. The summed E-state index contributed by atoms with van der Waals surface area (Å²) in [6.45, 7) is 0.493. The van der Waals surface area contributed by atoms with Crippen LogP contribution in [0.25, 0.3) is 0 Å². The third kappa shape index (κ3) is 5.18. The number of anilines is 1. The molecule has 152 valence electrons. The van der Waals surface area contributed by atoms with Gasteiger partial charge in [0.05, 0.1) is 26.9 Å². The van der Waals surface area contributed by atoms with Crippen LogP contribution in [0, 0.1) is 0 Å². The van der Waals surface area contributed by atoms with Gasteiger partial charge in [0.25, 0.3) is 5.91 Å². The molecule has 2 aromatic rings. The van der Waals surface area contributed by atoms with Gasteiger partial charge in [-0.1, -0.05) is 0 Å². The molecular formula is C18H20F3N3O4. The Kier molecular flexibility index (Phi) is 6.91. The molecule has 0 spiro atoms. The number of nitrogens with zero attached hydrogens (tertiary/aromatic N) is 1. The number of pyridine rings is 1. The second kappa shape index (κ2) is 9.16. The van der Waals surface area contributed by atoms with Crippen LogP contribution in [-0.2, 0) is 6.18 Å². The van der Waals surface area contributed by atoms with E-state index in [2.05, 4.69) is 15.6 Å². The molecule has 0 aliphatic rings. The summed E-state index contributed by atoms with van der Waals surface area (Å²) in [5.74, 6) is 0.964. The number of amides is 1. The maximum Gasteiger partial charge on any atom is 0.417 e. The maximum absolute atomic E-state index is 12.5. The Bertz CT molecular complexity index is 786. The van der Waals surface area contributed by atoms with E-state index in [-0.39, 0.29) is 24.8 Å². The number of halogens is 3. The predicted octanol–water partition coefficient (Wildman–Crippen LogP) is 2.97. The predicted molar refractivity (Wildman–Crippen MR) is 96.2 cm³/mol. The van der Waals surface area contributed by atoms with Crippen LogP contribution in [0.3, 0.4) is 0 Å². The van der Waals surface area contributed by atoms with Gasteiger partial charge < -0.3 is 24.8 Å². The Hall–Kier alpha value is -3.17. The molecule has 1 aromatic carbocycles. The zero-order valence-corrected chi connectivity index (χ0v) is 15.5. The lowest BCUT2D eigenvalue weighted by molar-refractivity contribution is -0.137. The molecule has 0 bridgehead atoms. The van der Waals surface area contributed by atoms with Crippen molar-refractivity contribution in [3.8, 4) is 17.2 Å². The van der Waals surface area contributed by atoms with Gasteiger partial charge in [-0.2, -0.15) is 13.2 Å². The van der Waals surface area contributed by atoms with E-state index in [0.717, 1.165) is 12.3 Å². The van der Waals surface area contributed by atoms with Crippen molar-refractivity contribution in [3.05, 3.63) is 41.6 Å². The number of alkyl halides is 3. The molecular weight excluding hydrogens is 379 g/mol. The molecule has 2 rings (SSSR count). The van der Waals surface area contributed by atoms with Gasteiger partial charge in [-0.15, -0.1) is 0 Å². The Morgan fingerprint density at radius 1 is 1.04 bits per heavy atom. The summed E-state index contributed by atoms with van der Waals surface area (Å²) < 4.78 is 53.1. The molecule has 1 amide bonds. The zero-order chi connectivity index (χ0) is 20.7. The molecule has 0 atom stereocenters. The Labute approximate surface area is 159 Å². The molecule has 10 heteroatoms. The van der Waals surface area contributed by atoms with Crippen LogP contribution in [0.1, 0.15) is 15.9 Å². The number of hydrogen-bond acceptors (Lipinski definition) is 6. The summed E-state index contributed by atoms with van der Waals surface area (Å²) in [4.78, 5) is 16.0. The van der Waals surface area contributed by atoms with Gasteiger partial charge in [-0.05, 0) is 24.3 Å². The van der Waals surface area contributed by atoms with Crippen molar-refractivity contribution >= 4 is 11.7 Å². The Balaban J connectivity index is 1.92. The van der Waals surface area contributed by atoms with E-state index in [4.69, 9.17) is 14.2 Å². The smallest absolute Gasteiger partial charge is 0.417 e. The first-order chi connectivity index (χ1) is 13.3. The molecule has 0 saturated heterocycles. The van der Waals surface area contributed by atoms with Crippen LogP contribution in [0.15, 0.2) is 30.5 Å². The van der Waals surface area contributed by atoms with Gasteiger partial charge >= 0.3 is 6.18 Å². The Morgan fingerprint density at radius 2 is 1.68 bits per heavy atom. The fraction of sp³-hybridized carbons (Fsp3) is 0.333. The second-order valence-corrected chi connectivity index (χ2v) is 5.53. The number of aromatic nitrogens is 1. The van der Waals surface area contributed by atoms with E-state index < -0.39 is 11.7 Å².